The van der Waals surface area contributed by atoms with E-state index in [-0.39, 0.29) is 18.2 Å². The highest BCUT2D eigenvalue weighted by molar-refractivity contribution is 7.92. The summed E-state index contributed by atoms with van der Waals surface area (Å²) in [5.41, 5.74) is 1.81. The summed E-state index contributed by atoms with van der Waals surface area (Å²) in [4.78, 5) is 12.3. The first-order valence-electron chi connectivity index (χ1n) is 7.77. The molecule has 0 radical (unpaired) electrons. The number of carbonyl (C=O) groups excluding carboxylic acids is 1. The number of hydrogen-bond acceptors (Lipinski definition) is 5. The van der Waals surface area contributed by atoms with Gasteiger partial charge >= 0.3 is 0 Å². The molecular weight excluding hydrogens is 356 g/mol. The Morgan fingerprint density at radius 3 is 2.54 bits per heavy atom. The van der Waals surface area contributed by atoms with Crippen LogP contribution in [0.25, 0.3) is 11.0 Å². The van der Waals surface area contributed by atoms with Crippen molar-refractivity contribution < 1.29 is 22.4 Å². The topological polar surface area (TPSA) is 97.6 Å². The van der Waals surface area contributed by atoms with E-state index in [9.17, 15) is 13.2 Å². The molecule has 136 valence electrons. The van der Waals surface area contributed by atoms with Crippen molar-refractivity contribution in [3.8, 4) is 5.75 Å². The van der Waals surface area contributed by atoms with Gasteiger partial charge in [0.05, 0.1) is 13.4 Å². The fourth-order valence-electron chi connectivity index (χ4n) is 2.48. The van der Waals surface area contributed by atoms with Gasteiger partial charge in [-0.15, -0.1) is 0 Å². The molecule has 0 spiro atoms. The minimum absolute atomic E-state index is 0.194. The highest BCUT2D eigenvalue weighted by Gasteiger charge is 2.14. The number of rotatable bonds is 6. The van der Waals surface area contributed by atoms with Gasteiger partial charge in [-0.1, -0.05) is 24.3 Å². The minimum Gasteiger partial charge on any atom is -0.493 e. The first-order valence-corrected chi connectivity index (χ1v) is 9.66. The number of hydrogen-bond donors (Lipinski definition) is 2. The Labute approximate surface area is 151 Å². The number of sulfonamides is 1. The molecule has 3 aromatic rings. The lowest BCUT2D eigenvalue weighted by molar-refractivity contribution is 0.0925. The third-order valence-electron chi connectivity index (χ3n) is 3.66. The Kier molecular flexibility index (Phi) is 4.85. The van der Waals surface area contributed by atoms with Gasteiger partial charge in [0.1, 0.15) is 0 Å². The SMILES string of the molecule is COc1cccc2cc(C(=O)NCc3ccc(NS(C)(=O)=O)cc3)oc12. The third-order valence-corrected chi connectivity index (χ3v) is 4.27. The molecule has 0 aliphatic rings. The van der Waals surface area contributed by atoms with E-state index in [0.717, 1.165) is 17.2 Å². The minimum atomic E-state index is -3.31. The second-order valence-corrected chi connectivity index (χ2v) is 7.49. The van der Waals surface area contributed by atoms with Gasteiger partial charge in [-0.25, -0.2) is 8.42 Å². The second kappa shape index (κ2) is 7.09. The summed E-state index contributed by atoms with van der Waals surface area (Å²) in [6.07, 6.45) is 1.09. The summed E-state index contributed by atoms with van der Waals surface area (Å²) >= 11 is 0. The van der Waals surface area contributed by atoms with Crippen molar-refractivity contribution in [3.05, 3.63) is 59.9 Å². The fourth-order valence-corrected chi connectivity index (χ4v) is 3.05. The predicted molar refractivity (Wildman–Crippen MR) is 98.8 cm³/mol. The molecule has 26 heavy (non-hydrogen) atoms. The number of amides is 1. The zero-order valence-electron chi connectivity index (χ0n) is 14.3. The number of furan rings is 1. The largest absolute Gasteiger partial charge is 0.493 e. The molecule has 7 nitrogen and oxygen atoms in total. The van der Waals surface area contributed by atoms with Crippen LogP contribution < -0.4 is 14.8 Å². The van der Waals surface area contributed by atoms with Crippen LogP contribution in [0.5, 0.6) is 5.75 Å². The number of methoxy groups -OCH3 is 1. The standard InChI is InChI=1S/C18H18N2O5S/c1-24-15-5-3-4-13-10-16(25-17(13)15)18(21)19-11-12-6-8-14(9-7-12)20-26(2,22)23/h3-10,20H,11H2,1-2H3,(H,19,21). The summed E-state index contributed by atoms with van der Waals surface area (Å²) < 4.78 is 35.6. The molecule has 0 atom stereocenters. The quantitative estimate of drug-likeness (QED) is 0.691. The van der Waals surface area contributed by atoms with Gasteiger partial charge in [0.25, 0.3) is 5.91 Å². The van der Waals surface area contributed by atoms with E-state index in [2.05, 4.69) is 10.0 Å². The Bertz CT molecular complexity index is 1040. The maximum atomic E-state index is 12.3. The van der Waals surface area contributed by atoms with E-state index in [4.69, 9.17) is 9.15 Å². The normalized spacial score (nSPS) is 11.3. The van der Waals surface area contributed by atoms with Crippen molar-refractivity contribution in [1.29, 1.82) is 0 Å². The van der Waals surface area contributed by atoms with Crippen molar-refractivity contribution in [1.82, 2.24) is 5.32 Å². The van der Waals surface area contributed by atoms with E-state index in [1.165, 1.54) is 0 Å². The Morgan fingerprint density at radius 2 is 1.88 bits per heavy atom. The number of carbonyl (C=O) groups is 1. The average Bonchev–Trinajstić information content (AvgIpc) is 3.04. The number of nitrogens with one attached hydrogen (secondary N) is 2. The third kappa shape index (κ3) is 4.15. The number of benzene rings is 2. The first-order chi connectivity index (χ1) is 12.4. The van der Waals surface area contributed by atoms with Gasteiger partial charge in [-0.05, 0) is 29.8 Å². The van der Waals surface area contributed by atoms with Crippen molar-refractivity contribution in [2.45, 2.75) is 6.54 Å². The molecule has 1 aromatic heterocycles. The summed E-state index contributed by atoms with van der Waals surface area (Å²) in [7, 11) is -1.77. The summed E-state index contributed by atoms with van der Waals surface area (Å²) in [6, 6.07) is 13.8. The molecule has 0 unspecified atom stereocenters. The van der Waals surface area contributed by atoms with Crippen molar-refractivity contribution in [2.75, 3.05) is 18.1 Å². The monoisotopic (exact) mass is 374 g/mol. The number of fused-ring (bicyclic) bond motifs is 1. The Hall–Kier alpha value is -3.00. The molecule has 0 aliphatic carbocycles. The molecule has 0 bridgehead atoms. The molecule has 0 saturated heterocycles. The van der Waals surface area contributed by atoms with Crippen LogP contribution >= 0.6 is 0 Å². The van der Waals surface area contributed by atoms with Crippen LogP contribution in [-0.4, -0.2) is 27.7 Å². The highest BCUT2D eigenvalue weighted by atomic mass is 32.2. The van der Waals surface area contributed by atoms with Crippen LogP contribution in [0, 0.1) is 0 Å². The van der Waals surface area contributed by atoms with Gasteiger partial charge in [0.2, 0.25) is 10.0 Å². The molecule has 2 aromatic carbocycles. The van der Waals surface area contributed by atoms with E-state index < -0.39 is 10.0 Å². The lowest BCUT2D eigenvalue weighted by atomic mass is 10.2. The molecule has 2 N–H and O–H groups in total. The molecule has 0 fully saturated rings. The highest BCUT2D eigenvalue weighted by Crippen LogP contribution is 2.28. The molecule has 8 heteroatoms. The maximum Gasteiger partial charge on any atom is 0.287 e. The lowest BCUT2D eigenvalue weighted by Gasteiger charge is -2.06. The smallest absolute Gasteiger partial charge is 0.287 e. The average molecular weight is 374 g/mol. The molecule has 0 aliphatic heterocycles. The van der Waals surface area contributed by atoms with Gasteiger partial charge in [-0.3, -0.25) is 9.52 Å². The Morgan fingerprint density at radius 1 is 1.15 bits per heavy atom. The van der Waals surface area contributed by atoms with E-state index >= 15 is 0 Å². The van der Waals surface area contributed by atoms with Crippen LogP contribution in [0.1, 0.15) is 16.1 Å². The van der Waals surface area contributed by atoms with Crippen LogP contribution in [0.15, 0.2) is 52.9 Å². The number of para-hydroxylation sites is 1. The lowest BCUT2D eigenvalue weighted by Crippen LogP contribution is -2.22. The number of ether oxygens (including phenoxy) is 1. The summed E-state index contributed by atoms with van der Waals surface area (Å²) in [5.74, 6) is 0.414. The molecule has 1 amide bonds. The van der Waals surface area contributed by atoms with Gasteiger partial charge in [0.15, 0.2) is 17.1 Å². The summed E-state index contributed by atoms with van der Waals surface area (Å²) in [6.45, 7) is 0.284. The zero-order valence-corrected chi connectivity index (χ0v) is 15.1. The van der Waals surface area contributed by atoms with Crippen LogP contribution in [0.3, 0.4) is 0 Å². The molecular formula is C18H18N2O5S. The van der Waals surface area contributed by atoms with Gasteiger partial charge in [-0.2, -0.15) is 0 Å². The maximum absolute atomic E-state index is 12.3. The van der Waals surface area contributed by atoms with Gasteiger partial charge < -0.3 is 14.5 Å². The fraction of sp³-hybridized carbons (Fsp3) is 0.167. The first kappa shape index (κ1) is 17.8. The van der Waals surface area contributed by atoms with E-state index in [0.29, 0.717) is 17.0 Å². The van der Waals surface area contributed by atoms with Crippen molar-refractivity contribution >= 4 is 32.6 Å². The van der Waals surface area contributed by atoms with E-state index in [1.54, 1.807) is 43.5 Å². The van der Waals surface area contributed by atoms with Crippen molar-refractivity contribution in [2.24, 2.45) is 0 Å². The van der Waals surface area contributed by atoms with E-state index in [1.807, 2.05) is 12.1 Å². The van der Waals surface area contributed by atoms with Crippen LogP contribution in [0.4, 0.5) is 5.69 Å². The zero-order chi connectivity index (χ0) is 18.7. The van der Waals surface area contributed by atoms with Crippen LogP contribution in [0.2, 0.25) is 0 Å². The second-order valence-electron chi connectivity index (χ2n) is 5.74. The van der Waals surface area contributed by atoms with Crippen LogP contribution in [-0.2, 0) is 16.6 Å². The predicted octanol–water partition coefficient (Wildman–Crippen LogP) is 2.74. The van der Waals surface area contributed by atoms with Crippen molar-refractivity contribution in [3.63, 3.8) is 0 Å². The Balaban J connectivity index is 1.67. The molecule has 0 saturated carbocycles. The molecule has 3 rings (SSSR count). The number of anilines is 1. The summed E-state index contributed by atoms with van der Waals surface area (Å²) in [5, 5.41) is 3.55. The van der Waals surface area contributed by atoms with Gasteiger partial charge in [0, 0.05) is 17.6 Å². The molecule has 1 heterocycles.